The van der Waals surface area contributed by atoms with Crippen LogP contribution in [0.2, 0.25) is 0 Å². The van der Waals surface area contributed by atoms with Crippen molar-refractivity contribution in [2.75, 3.05) is 30.1 Å². The Hall–Kier alpha value is -2.98. The summed E-state index contributed by atoms with van der Waals surface area (Å²) < 4.78 is 14.3. The number of nitrogens with zero attached hydrogens (tertiary/aromatic N) is 3. The van der Waals surface area contributed by atoms with E-state index >= 15 is 0 Å². The molecular formula is C29H36BrN5O3S. The van der Waals surface area contributed by atoms with Crippen molar-refractivity contribution in [3.05, 3.63) is 62.8 Å². The van der Waals surface area contributed by atoms with Crippen molar-refractivity contribution in [1.29, 1.82) is 0 Å². The number of aromatic nitrogens is 3. The van der Waals surface area contributed by atoms with Gasteiger partial charge in [-0.25, -0.2) is 4.68 Å². The molecule has 2 aromatic carbocycles. The topological polar surface area (TPSA) is 90.3 Å². The number of thioether (sulfide) groups is 1. The summed E-state index contributed by atoms with van der Waals surface area (Å²) >= 11 is 5.29. The molecule has 0 aliphatic carbocycles. The first-order valence-electron chi connectivity index (χ1n) is 13.2. The van der Waals surface area contributed by atoms with Crippen LogP contribution in [-0.4, -0.2) is 40.1 Å². The summed E-state index contributed by atoms with van der Waals surface area (Å²) in [5.41, 5.74) is 5.01. The lowest BCUT2D eigenvalue weighted by molar-refractivity contribution is -0.113. The molecule has 1 aliphatic heterocycles. The zero-order chi connectivity index (χ0) is 28.1. The first-order valence-corrected chi connectivity index (χ1v) is 15.0. The predicted molar refractivity (Wildman–Crippen MR) is 161 cm³/mol. The summed E-state index contributed by atoms with van der Waals surface area (Å²) in [6, 6.07) is 9.26. The number of anilines is 2. The number of ether oxygens (including phenoxy) is 2. The Morgan fingerprint density at radius 1 is 1.21 bits per heavy atom. The first kappa shape index (κ1) is 29.0. The lowest BCUT2D eigenvalue weighted by atomic mass is 9.94. The number of carbonyl (C=O) groups is 1. The third-order valence-electron chi connectivity index (χ3n) is 6.68. The fourth-order valence-electron chi connectivity index (χ4n) is 4.42. The third-order valence-corrected chi connectivity index (χ3v) is 8.31. The Bertz CT molecular complexity index is 1390. The molecule has 208 valence electrons. The van der Waals surface area contributed by atoms with Crippen LogP contribution < -0.4 is 20.1 Å². The maximum atomic E-state index is 14.0. The normalized spacial score (nSPS) is 14.6. The molecule has 0 bridgehead atoms. The second kappa shape index (κ2) is 12.9. The van der Waals surface area contributed by atoms with Gasteiger partial charge in [-0.3, -0.25) is 4.79 Å². The van der Waals surface area contributed by atoms with E-state index in [-0.39, 0.29) is 5.91 Å². The van der Waals surface area contributed by atoms with Gasteiger partial charge in [-0.05, 0) is 84.4 Å². The number of rotatable bonds is 11. The van der Waals surface area contributed by atoms with Gasteiger partial charge in [0, 0.05) is 17.1 Å². The molecule has 2 N–H and O–H groups in total. The summed E-state index contributed by atoms with van der Waals surface area (Å²) in [4.78, 5) is 18.7. The Morgan fingerprint density at radius 2 is 2.00 bits per heavy atom. The summed E-state index contributed by atoms with van der Waals surface area (Å²) in [5, 5.41) is 11.9. The highest BCUT2D eigenvalue weighted by molar-refractivity contribution is 9.10. The Morgan fingerprint density at radius 3 is 2.72 bits per heavy atom. The van der Waals surface area contributed by atoms with Gasteiger partial charge < -0.3 is 20.1 Å². The minimum atomic E-state index is -0.537. The van der Waals surface area contributed by atoms with Gasteiger partial charge in [0.15, 0.2) is 11.5 Å². The molecule has 0 fully saturated rings. The van der Waals surface area contributed by atoms with E-state index in [0.29, 0.717) is 40.5 Å². The van der Waals surface area contributed by atoms with Gasteiger partial charge in [0.25, 0.3) is 5.91 Å². The average molecular weight is 615 g/mol. The molecule has 1 aliphatic rings. The Kier molecular flexibility index (Phi) is 9.61. The number of allylic oxidation sites excluding steroid dienone is 1. The van der Waals surface area contributed by atoms with Crippen molar-refractivity contribution in [2.24, 2.45) is 0 Å². The summed E-state index contributed by atoms with van der Waals surface area (Å²) in [7, 11) is 1.62. The number of methoxy groups -OCH3 is 1. The van der Waals surface area contributed by atoms with Gasteiger partial charge in [-0.2, -0.15) is 4.98 Å². The van der Waals surface area contributed by atoms with E-state index in [1.54, 1.807) is 23.6 Å². The first-order chi connectivity index (χ1) is 18.8. The molecule has 0 saturated heterocycles. The van der Waals surface area contributed by atoms with E-state index in [2.05, 4.69) is 40.4 Å². The van der Waals surface area contributed by atoms with Crippen molar-refractivity contribution < 1.29 is 14.3 Å². The Labute approximate surface area is 243 Å². The van der Waals surface area contributed by atoms with E-state index in [1.165, 1.54) is 0 Å². The maximum Gasteiger partial charge on any atom is 0.255 e. The Balaban J connectivity index is 1.81. The largest absolute Gasteiger partial charge is 0.493 e. The van der Waals surface area contributed by atoms with Gasteiger partial charge in [-0.15, -0.1) is 5.10 Å². The lowest BCUT2D eigenvalue weighted by Gasteiger charge is -2.29. The van der Waals surface area contributed by atoms with E-state index in [9.17, 15) is 4.79 Å². The number of amides is 1. The molecule has 1 aromatic heterocycles. The highest BCUT2D eigenvalue weighted by atomic mass is 79.9. The number of hydrogen-bond acceptors (Lipinski definition) is 7. The van der Waals surface area contributed by atoms with E-state index in [0.717, 1.165) is 51.9 Å². The van der Waals surface area contributed by atoms with Crippen molar-refractivity contribution in [3.8, 4) is 11.5 Å². The number of unbranched alkanes of at least 4 members (excludes halogenated alkanes) is 1. The fraction of sp³-hybridized carbons (Fsp3) is 0.414. The van der Waals surface area contributed by atoms with Crippen LogP contribution in [0.3, 0.4) is 0 Å². The molecule has 2 heterocycles. The van der Waals surface area contributed by atoms with Crippen LogP contribution in [0.15, 0.2) is 51.2 Å². The molecule has 0 saturated carbocycles. The van der Waals surface area contributed by atoms with Crippen molar-refractivity contribution in [2.45, 2.75) is 65.1 Å². The molecule has 8 nitrogen and oxygen atoms in total. The number of benzene rings is 2. The van der Waals surface area contributed by atoms with Crippen LogP contribution in [0.5, 0.6) is 11.5 Å². The number of fused-ring (bicyclic) bond motifs is 1. The molecule has 0 radical (unpaired) electrons. The molecule has 1 atom stereocenters. The standard InChI is InChI=1S/C29H36BrN5O3S/c1-7-9-13-38-26-21(30)15-20(16-23(26)37-6)25-24(27(36)32-22-12-10-11-17(3)18(22)4)19(5)31-28-33-29(34-35(25)28)39-14-8-2/h10-12,15-16,25H,7-9,13-14H2,1-6H3,(H,32,36)(H,31,33,34). The molecule has 1 unspecified atom stereocenters. The van der Waals surface area contributed by atoms with Crippen LogP contribution in [0.4, 0.5) is 11.6 Å². The number of halogens is 1. The number of hydrogen-bond donors (Lipinski definition) is 2. The molecule has 3 aromatic rings. The van der Waals surface area contributed by atoms with E-state index in [1.807, 2.05) is 51.1 Å². The van der Waals surface area contributed by atoms with Gasteiger partial charge >= 0.3 is 0 Å². The summed E-state index contributed by atoms with van der Waals surface area (Å²) in [6.45, 7) is 10.8. The van der Waals surface area contributed by atoms with E-state index in [4.69, 9.17) is 19.6 Å². The molecule has 4 rings (SSSR count). The average Bonchev–Trinajstić information content (AvgIpc) is 3.32. The maximum absolute atomic E-state index is 14.0. The van der Waals surface area contributed by atoms with Crippen LogP contribution in [0.25, 0.3) is 0 Å². The minimum absolute atomic E-state index is 0.207. The van der Waals surface area contributed by atoms with Crippen LogP contribution in [0.1, 0.15) is 62.8 Å². The summed E-state index contributed by atoms with van der Waals surface area (Å²) in [5.74, 6) is 2.52. The number of nitrogens with one attached hydrogen (secondary N) is 2. The highest BCUT2D eigenvalue weighted by Gasteiger charge is 2.35. The van der Waals surface area contributed by atoms with Gasteiger partial charge in [0.1, 0.15) is 6.04 Å². The van der Waals surface area contributed by atoms with Gasteiger partial charge in [0.2, 0.25) is 11.1 Å². The third kappa shape index (κ3) is 6.27. The molecule has 0 spiro atoms. The molecule has 1 amide bonds. The number of carbonyl (C=O) groups excluding carboxylic acids is 1. The van der Waals surface area contributed by atoms with Crippen LogP contribution >= 0.6 is 27.7 Å². The van der Waals surface area contributed by atoms with Crippen molar-refractivity contribution in [1.82, 2.24) is 14.8 Å². The molecular weight excluding hydrogens is 578 g/mol. The zero-order valence-corrected chi connectivity index (χ0v) is 25.8. The minimum Gasteiger partial charge on any atom is -0.493 e. The van der Waals surface area contributed by atoms with Crippen molar-refractivity contribution >= 4 is 45.2 Å². The quantitative estimate of drug-likeness (QED) is 0.173. The SMILES string of the molecule is CCCCOc1c(Br)cc(C2C(C(=O)Nc3cccc(C)c3C)=C(C)Nc3nc(SCCC)nn32)cc1OC. The zero-order valence-electron chi connectivity index (χ0n) is 23.4. The predicted octanol–water partition coefficient (Wildman–Crippen LogP) is 7.27. The fourth-order valence-corrected chi connectivity index (χ4v) is 5.68. The lowest BCUT2D eigenvalue weighted by Crippen LogP contribution is -2.31. The van der Waals surface area contributed by atoms with Crippen molar-refractivity contribution in [3.63, 3.8) is 0 Å². The second-order valence-electron chi connectivity index (χ2n) is 9.51. The van der Waals surface area contributed by atoms with E-state index < -0.39 is 6.04 Å². The molecule has 39 heavy (non-hydrogen) atoms. The summed E-state index contributed by atoms with van der Waals surface area (Å²) in [6.07, 6.45) is 2.98. The highest BCUT2D eigenvalue weighted by Crippen LogP contribution is 2.43. The van der Waals surface area contributed by atoms with Gasteiger partial charge in [0.05, 0.1) is 23.8 Å². The smallest absolute Gasteiger partial charge is 0.255 e. The number of aryl methyl sites for hydroxylation is 1. The van der Waals surface area contributed by atoms with Crippen LogP contribution in [0, 0.1) is 13.8 Å². The monoisotopic (exact) mass is 613 g/mol. The second-order valence-corrected chi connectivity index (χ2v) is 11.4. The van der Waals surface area contributed by atoms with Gasteiger partial charge in [-0.1, -0.05) is 44.2 Å². The van der Waals surface area contributed by atoms with Crippen LogP contribution in [-0.2, 0) is 4.79 Å². The molecule has 10 heteroatoms.